The van der Waals surface area contributed by atoms with Crippen LogP contribution in [0.1, 0.15) is 64.7 Å². The number of ether oxygens (including phenoxy) is 1. The fraction of sp³-hybridized carbons (Fsp3) is 0.381. The maximum Gasteiger partial charge on any atom is 0.429 e. The average molecular weight is 427 g/mol. The summed E-state index contributed by atoms with van der Waals surface area (Å²) in [5, 5.41) is 19.4. The molecular formula is C21H15F6NO2. The summed E-state index contributed by atoms with van der Waals surface area (Å²) in [7, 11) is 0. The fourth-order valence-corrected chi connectivity index (χ4v) is 4.39. The van der Waals surface area contributed by atoms with Gasteiger partial charge in [-0.15, -0.1) is 0 Å². The van der Waals surface area contributed by atoms with Crippen LogP contribution in [0.15, 0.2) is 24.3 Å². The fourth-order valence-electron chi connectivity index (χ4n) is 4.39. The van der Waals surface area contributed by atoms with Gasteiger partial charge in [0.05, 0.1) is 17.2 Å². The van der Waals surface area contributed by atoms with E-state index >= 15 is 0 Å². The molecule has 0 aromatic heterocycles. The van der Waals surface area contributed by atoms with Crippen molar-refractivity contribution in [2.45, 2.75) is 50.0 Å². The lowest BCUT2D eigenvalue weighted by molar-refractivity contribution is -0.225. The van der Waals surface area contributed by atoms with Crippen LogP contribution in [0.25, 0.3) is 0 Å². The van der Waals surface area contributed by atoms with Crippen LogP contribution in [-0.2, 0) is 12.6 Å². The minimum absolute atomic E-state index is 0.00384. The molecule has 1 aliphatic carbocycles. The van der Waals surface area contributed by atoms with Gasteiger partial charge in [-0.25, -0.2) is 4.39 Å². The Hall–Kier alpha value is -2.73. The number of benzene rings is 2. The normalized spacial score (nSPS) is 22.5. The summed E-state index contributed by atoms with van der Waals surface area (Å²) in [6, 6.07) is 5.85. The van der Waals surface area contributed by atoms with E-state index in [-0.39, 0.29) is 11.1 Å². The maximum absolute atomic E-state index is 14.1. The summed E-state index contributed by atoms with van der Waals surface area (Å²) in [6.45, 7) is 0. The van der Waals surface area contributed by atoms with Gasteiger partial charge in [-0.2, -0.15) is 27.2 Å². The van der Waals surface area contributed by atoms with E-state index in [0.717, 1.165) is 12.1 Å². The van der Waals surface area contributed by atoms with Gasteiger partial charge in [0.15, 0.2) is 6.10 Å². The maximum atomic E-state index is 14.1. The molecule has 1 aliphatic heterocycles. The van der Waals surface area contributed by atoms with Gasteiger partial charge in [0.2, 0.25) is 0 Å². The Morgan fingerprint density at radius 2 is 1.87 bits per heavy atom. The Labute approximate surface area is 167 Å². The van der Waals surface area contributed by atoms with Crippen LogP contribution in [0, 0.1) is 17.1 Å². The van der Waals surface area contributed by atoms with Gasteiger partial charge in [-0.05, 0) is 48.6 Å². The largest absolute Gasteiger partial charge is 0.430 e. The van der Waals surface area contributed by atoms with Crippen molar-refractivity contribution >= 4 is 0 Å². The SMILES string of the molecule is N#Cc1cc(F)cc2c1[C@H](c1ccc(C(F)(F)F)c3c1OC(F)(F)[C@H]3O)CCCC2. The number of nitrogens with zero attached hydrogens (tertiary/aromatic N) is 1. The summed E-state index contributed by atoms with van der Waals surface area (Å²) >= 11 is 0. The van der Waals surface area contributed by atoms with E-state index in [1.807, 2.05) is 6.07 Å². The summed E-state index contributed by atoms with van der Waals surface area (Å²) < 4.78 is 86.9. The van der Waals surface area contributed by atoms with Crippen molar-refractivity contribution in [3.63, 3.8) is 0 Å². The van der Waals surface area contributed by atoms with Crippen LogP contribution in [-0.4, -0.2) is 11.2 Å². The van der Waals surface area contributed by atoms with Gasteiger partial charge in [0.1, 0.15) is 11.6 Å². The van der Waals surface area contributed by atoms with E-state index in [9.17, 15) is 36.7 Å². The van der Waals surface area contributed by atoms with Gasteiger partial charge in [0, 0.05) is 17.0 Å². The highest BCUT2D eigenvalue weighted by Gasteiger charge is 2.55. The monoisotopic (exact) mass is 427 g/mol. The predicted molar refractivity (Wildman–Crippen MR) is 92.5 cm³/mol. The lowest BCUT2D eigenvalue weighted by atomic mass is 9.82. The van der Waals surface area contributed by atoms with Crippen LogP contribution in [0.3, 0.4) is 0 Å². The molecule has 0 radical (unpaired) electrons. The van der Waals surface area contributed by atoms with Gasteiger partial charge >= 0.3 is 12.3 Å². The lowest BCUT2D eigenvalue weighted by Gasteiger charge is -2.23. The second-order valence-electron chi connectivity index (χ2n) is 7.45. The van der Waals surface area contributed by atoms with Gasteiger partial charge in [0.25, 0.3) is 0 Å². The molecule has 0 amide bonds. The van der Waals surface area contributed by atoms with Crippen LogP contribution in [0.5, 0.6) is 5.75 Å². The Morgan fingerprint density at radius 1 is 1.13 bits per heavy atom. The first-order valence-corrected chi connectivity index (χ1v) is 9.26. The molecule has 1 heterocycles. The zero-order valence-electron chi connectivity index (χ0n) is 15.4. The van der Waals surface area contributed by atoms with Crippen molar-refractivity contribution in [2.75, 3.05) is 0 Å². The van der Waals surface area contributed by atoms with Crippen molar-refractivity contribution in [3.8, 4) is 11.8 Å². The van der Waals surface area contributed by atoms with Crippen molar-refractivity contribution in [3.05, 3.63) is 63.5 Å². The first-order valence-electron chi connectivity index (χ1n) is 9.26. The number of fused-ring (bicyclic) bond motifs is 2. The molecule has 0 bridgehead atoms. The minimum atomic E-state index is -4.98. The number of aliphatic hydroxyl groups excluding tert-OH is 1. The van der Waals surface area contributed by atoms with E-state index in [2.05, 4.69) is 4.74 Å². The topological polar surface area (TPSA) is 53.2 Å². The summed E-state index contributed by atoms with van der Waals surface area (Å²) in [5.74, 6) is -2.11. The van der Waals surface area contributed by atoms with Crippen LogP contribution >= 0.6 is 0 Å². The number of hydrogen-bond acceptors (Lipinski definition) is 3. The van der Waals surface area contributed by atoms with E-state index in [1.54, 1.807) is 0 Å². The number of hydrogen-bond donors (Lipinski definition) is 1. The Kier molecular flexibility index (Phi) is 4.73. The summed E-state index contributed by atoms with van der Waals surface area (Å²) in [4.78, 5) is 0. The number of alkyl halides is 5. The number of aryl methyl sites for hydroxylation is 1. The molecule has 2 aliphatic rings. The number of aliphatic hydroxyl groups is 1. The Balaban J connectivity index is 1.98. The molecule has 30 heavy (non-hydrogen) atoms. The molecule has 0 fully saturated rings. The standard InChI is InChI=1S/C21H15F6NO2/c22-12-7-10-3-1-2-4-13(16(10)11(8-12)9-28)14-5-6-15(20(23,24)25)17-18(14)30-21(26,27)19(17)29/h5-8,13,19,29H,1-4H2/t13-,19-/m0/s1. The molecule has 0 saturated carbocycles. The Bertz CT molecular complexity index is 1060. The van der Waals surface area contributed by atoms with Crippen molar-refractivity contribution in [1.82, 2.24) is 0 Å². The molecule has 3 nitrogen and oxygen atoms in total. The number of rotatable bonds is 1. The first-order chi connectivity index (χ1) is 14.0. The second kappa shape index (κ2) is 6.91. The number of halogens is 6. The highest BCUT2D eigenvalue weighted by atomic mass is 19.4. The highest BCUT2D eigenvalue weighted by Crippen LogP contribution is 2.54. The molecule has 0 saturated heterocycles. The van der Waals surface area contributed by atoms with E-state index in [0.29, 0.717) is 42.9 Å². The molecule has 0 unspecified atom stereocenters. The molecule has 2 atom stereocenters. The van der Waals surface area contributed by atoms with Crippen LogP contribution < -0.4 is 4.74 Å². The smallest absolute Gasteiger partial charge is 0.429 e. The molecule has 4 rings (SSSR count). The van der Waals surface area contributed by atoms with Crippen LogP contribution in [0.4, 0.5) is 26.3 Å². The van der Waals surface area contributed by atoms with Crippen LogP contribution in [0.2, 0.25) is 0 Å². The quantitative estimate of drug-likeness (QED) is 0.477. The van der Waals surface area contributed by atoms with Gasteiger partial charge < -0.3 is 9.84 Å². The first kappa shape index (κ1) is 20.5. The Morgan fingerprint density at radius 3 is 2.53 bits per heavy atom. The molecule has 9 heteroatoms. The second-order valence-corrected chi connectivity index (χ2v) is 7.45. The third kappa shape index (κ3) is 3.19. The van der Waals surface area contributed by atoms with Crippen molar-refractivity contribution in [2.24, 2.45) is 0 Å². The molecular weight excluding hydrogens is 412 g/mol. The molecule has 0 spiro atoms. The molecule has 158 valence electrons. The minimum Gasteiger partial charge on any atom is -0.430 e. The highest BCUT2D eigenvalue weighted by molar-refractivity contribution is 5.58. The third-order valence-electron chi connectivity index (χ3n) is 5.63. The predicted octanol–water partition coefficient (Wildman–Crippen LogP) is 5.59. The lowest BCUT2D eigenvalue weighted by Crippen LogP contribution is -2.27. The zero-order chi connectivity index (χ0) is 21.8. The molecule has 2 aromatic carbocycles. The zero-order valence-corrected chi connectivity index (χ0v) is 15.4. The summed E-state index contributed by atoms with van der Waals surface area (Å²) in [6.07, 6.45) is -9.97. The number of nitriles is 1. The van der Waals surface area contributed by atoms with E-state index in [1.165, 1.54) is 6.07 Å². The van der Waals surface area contributed by atoms with Gasteiger partial charge in [-0.3, -0.25) is 0 Å². The van der Waals surface area contributed by atoms with E-state index < -0.39 is 47.0 Å². The summed E-state index contributed by atoms with van der Waals surface area (Å²) in [5.41, 5.74) is -1.51. The van der Waals surface area contributed by atoms with Crippen molar-refractivity contribution < 1.29 is 36.2 Å². The molecule has 1 N–H and O–H groups in total. The average Bonchev–Trinajstić information content (AvgIpc) is 2.81. The van der Waals surface area contributed by atoms with Crippen molar-refractivity contribution in [1.29, 1.82) is 5.26 Å². The third-order valence-corrected chi connectivity index (χ3v) is 5.63. The van der Waals surface area contributed by atoms with Gasteiger partial charge in [-0.1, -0.05) is 12.5 Å². The van der Waals surface area contributed by atoms with E-state index in [4.69, 9.17) is 0 Å². The molecule has 2 aromatic rings.